The SMILES string of the molecule is CCCCCC(NCCC)C1COc2ccccc2C1. The summed E-state index contributed by atoms with van der Waals surface area (Å²) in [5, 5.41) is 3.75. The van der Waals surface area contributed by atoms with Crippen molar-refractivity contribution < 1.29 is 4.74 Å². The normalized spacial score (nSPS) is 19.2. The van der Waals surface area contributed by atoms with E-state index in [2.05, 4.69) is 43.4 Å². The number of ether oxygens (including phenoxy) is 1. The Balaban J connectivity index is 1.95. The lowest BCUT2D eigenvalue weighted by Crippen LogP contribution is -2.42. The molecule has 0 amide bonds. The van der Waals surface area contributed by atoms with Crippen LogP contribution in [0.25, 0.3) is 0 Å². The number of fused-ring (bicyclic) bond motifs is 1. The molecule has 0 spiro atoms. The van der Waals surface area contributed by atoms with Crippen molar-refractivity contribution in [2.24, 2.45) is 5.92 Å². The highest BCUT2D eigenvalue weighted by atomic mass is 16.5. The van der Waals surface area contributed by atoms with Crippen LogP contribution >= 0.6 is 0 Å². The first-order valence-corrected chi connectivity index (χ1v) is 8.29. The summed E-state index contributed by atoms with van der Waals surface area (Å²) >= 11 is 0. The summed E-state index contributed by atoms with van der Waals surface area (Å²) in [6.07, 6.45) is 7.61. The van der Waals surface area contributed by atoms with E-state index in [1.807, 2.05) is 0 Å². The average Bonchev–Trinajstić information content (AvgIpc) is 2.50. The van der Waals surface area contributed by atoms with E-state index in [4.69, 9.17) is 4.74 Å². The molecule has 1 aliphatic heterocycles. The Kier molecular flexibility index (Phi) is 6.38. The van der Waals surface area contributed by atoms with E-state index in [0.29, 0.717) is 12.0 Å². The van der Waals surface area contributed by atoms with Crippen LogP contribution in [0.5, 0.6) is 5.75 Å². The van der Waals surface area contributed by atoms with Crippen molar-refractivity contribution in [1.82, 2.24) is 5.32 Å². The molecule has 1 heterocycles. The lowest BCUT2D eigenvalue weighted by Gasteiger charge is -2.32. The van der Waals surface area contributed by atoms with Gasteiger partial charge in [-0.25, -0.2) is 0 Å². The quantitative estimate of drug-likeness (QED) is 0.718. The lowest BCUT2D eigenvalue weighted by molar-refractivity contribution is 0.177. The smallest absolute Gasteiger partial charge is 0.122 e. The molecule has 2 rings (SSSR count). The van der Waals surface area contributed by atoms with Gasteiger partial charge in [0.15, 0.2) is 0 Å². The Bertz CT molecular complexity index is 391. The highest BCUT2D eigenvalue weighted by molar-refractivity contribution is 5.35. The number of para-hydroxylation sites is 1. The van der Waals surface area contributed by atoms with Gasteiger partial charge in [-0.3, -0.25) is 0 Å². The Morgan fingerprint density at radius 3 is 2.85 bits per heavy atom. The van der Waals surface area contributed by atoms with Crippen molar-refractivity contribution >= 4 is 0 Å². The van der Waals surface area contributed by atoms with Crippen molar-refractivity contribution in [3.8, 4) is 5.75 Å². The summed E-state index contributed by atoms with van der Waals surface area (Å²) in [6.45, 7) is 6.50. The number of hydrogen-bond acceptors (Lipinski definition) is 2. The van der Waals surface area contributed by atoms with E-state index in [9.17, 15) is 0 Å². The monoisotopic (exact) mass is 275 g/mol. The third-order valence-electron chi connectivity index (χ3n) is 4.25. The molecule has 20 heavy (non-hydrogen) atoms. The van der Waals surface area contributed by atoms with E-state index >= 15 is 0 Å². The summed E-state index contributed by atoms with van der Waals surface area (Å²) in [6, 6.07) is 9.10. The fraction of sp³-hybridized carbons (Fsp3) is 0.667. The van der Waals surface area contributed by atoms with Crippen LogP contribution in [0.2, 0.25) is 0 Å². The third-order valence-corrected chi connectivity index (χ3v) is 4.25. The highest BCUT2D eigenvalue weighted by Crippen LogP contribution is 2.29. The molecule has 2 atom stereocenters. The first-order chi connectivity index (χ1) is 9.85. The maximum Gasteiger partial charge on any atom is 0.122 e. The minimum atomic E-state index is 0.606. The van der Waals surface area contributed by atoms with E-state index < -0.39 is 0 Å². The van der Waals surface area contributed by atoms with Gasteiger partial charge < -0.3 is 10.1 Å². The third kappa shape index (κ3) is 4.24. The first-order valence-electron chi connectivity index (χ1n) is 8.29. The second-order valence-electron chi connectivity index (χ2n) is 5.94. The van der Waals surface area contributed by atoms with Crippen LogP contribution in [0.4, 0.5) is 0 Å². The van der Waals surface area contributed by atoms with Crippen LogP contribution < -0.4 is 10.1 Å². The van der Waals surface area contributed by atoms with Crippen LogP contribution in [0.3, 0.4) is 0 Å². The molecule has 2 nitrogen and oxygen atoms in total. The molecule has 2 unspecified atom stereocenters. The first kappa shape index (κ1) is 15.4. The second kappa shape index (κ2) is 8.31. The van der Waals surface area contributed by atoms with Crippen molar-refractivity contribution in [1.29, 1.82) is 0 Å². The number of rotatable bonds is 8. The van der Waals surface area contributed by atoms with Crippen LogP contribution in [0.1, 0.15) is 51.5 Å². The van der Waals surface area contributed by atoms with E-state index in [0.717, 1.165) is 25.3 Å². The molecule has 2 heteroatoms. The molecule has 0 saturated heterocycles. The summed E-state index contributed by atoms with van der Waals surface area (Å²) in [5.74, 6) is 1.71. The van der Waals surface area contributed by atoms with Gasteiger partial charge in [0.1, 0.15) is 5.75 Å². The van der Waals surface area contributed by atoms with Gasteiger partial charge in [0.25, 0.3) is 0 Å². The molecule has 1 aromatic rings. The lowest BCUT2D eigenvalue weighted by atomic mass is 9.87. The summed E-state index contributed by atoms with van der Waals surface area (Å²) in [7, 11) is 0. The minimum Gasteiger partial charge on any atom is -0.493 e. The van der Waals surface area contributed by atoms with E-state index in [1.165, 1.54) is 37.7 Å². The summed E-state index contributed by atoms with van der Waals surface area (Å²) < 4.78 is 5.96. The topological polar surface area (TPSA) is 21.3 Å². The maximum atomic E-state index is 5.96. The van der Waals surface area contributed by atoms with Crippen molar-refractivity contribution in [2.45, 2.75) is 58.4 Å². The minimum absolute atomic E-state index is 0.606. The van der Waals surface area contributed by atoms with Crippen LogP contribution in [-0.2, 0) is 6.42 Å². The van der Waals surface area contributed by atoms with Gasteiger partial charge in [-0.15, -0.1) is 0 Å². The molecular formula is C18H29NO. The maximum absolute atomic E-state index is 5.96. The summed E-state index contributed by atoms with van der Waals surface area (Å²) in [5.41, 5.74) is 1.38. The summed E-state index contributed by atoms with van der Waals surface area (Å²) in [4.78, 5) is 0. The van der Waals surface area contributed by atoms with Gasteiger partial charge >= 0.3 is 0 Å². The second-order valence-corrected chi connectivity index (χ2v) is 5.94. The Hall–Kier alpha value is -1.02. The zero-order chi connectivity index (χ0) is 14.2. The van der Waals surface area contributed by atoms with E-state index in [1.54, 1.807) is 0 Å². The standard InChI is InChI=1S/C18H29NO/c1-3-5-6-10-17(19-12-4-2)16-13-15-9-7-8-11-18(15)20-14-16/h7-9,11,16-17,19H,3-6,10,12-14H2,1-2H3. The van der Waals surface area contributed by atoms with Crippen molar-refractivity contribution in [3.63, 3.8) is 0 Å². The molecule has 0 radical (unpaired) electrons. The van der Waals surface area contributed by atoms with Gasteiger partial charge in [-0.05, 0) is 37.4 Å². The van der Waals surface area contributed by atoms with Crippen LogP contribution in [-0.4, -0.2) is 19.2 Å². The zero-order valence-electron chi connectivity index (χ0n) is 13.0. The van der Waals surface area contributed by atoms with Gasteiger partial charge in [-0.2, -0.15) is 0 Å². The molecule has 1 aromatic carbocycles. The van der Waals surface area contributed by atoms with Crippen LogP contribution in [0, 0.1) is 5.92 Å². The molecule has 112 valence electrons. The average molecular weight is 275 g/mol. The van der Waals surface area contributed by atoms with E-state index in [-0.39, 0.29) is 0 Å². The molecule has 1 aliphatic rings. The van der Waals surface area contributed by atoms with Gasteiger partial charge in [-0.1, -0.05) is 51.3 Å². The molecule has 0 bridgehead atoms. The zero-order valence-corrected chi connectivity index (χ0v) is 13.0. The molecule has 0 aliphatic carbocycles. The molecule has 0 fully saturated rings. The number of nitrogens with one attached hydrogen (secondary N) is 1. The Labute approximate surface area is 123 Å². The fourth-order valence-electron chi connectivity index (χ4n) is 3.06. The molecule has 1 N–H and O–H groups in total. The van der Waals surface area contributed by atoms with Gasteiger partial charge in [0.2, 0.25) is 0 Å². The number of benzene rings is 1. The van der Waals surface area contributed by atoms with Crippen LogP contribution in [0.15, 0.2) is 24.3 Å². The van der Waals surface area contributed by atoms with Gasteiger partial charge in [0.05, 0.1) is 6.61 Å². The van der Waals surface area contributed by atoms with Crippen molar-refractivity contribution in [2.75, 3.05) is 13.2 Å². The Morgan fingerprint density at radius 1 is 1.20 bits per heavy atom. The predicted octanol–water partition coefficient (Wildman–Crippen LogP) is 4.19. The highest BCUT2D eigenvalue weighted by Gasteiger charge is 2.26. The molecular weight excluding hydrogens is 246 g/mol. The number of hydrogen-bond donors (Lipinski definition) is 1. The Morgan fingerprint density at radius 2 is 2.05 bits per heavy atom. The predicted molar refractivity (Wildman–Crippen MR) is 85.4 cm³/mol. The fourth-order valence-corrected chi connectivity index (χ4v) is 3.06. The molecule has 0 aromatic heterocycles. The largest absolute Gasteiger partial charge is 0.493 e. The van der Waals surface area contributed by atoms with Crippen molar-refractivity contribution in [3.05, 3.63) is 29.8 Å². The molecule has 0 saturated carbocycles. The van der Waals surface area contributed by atoms with Gasteiger partial charge in [0, 0.05) is 12.0 Å². The number of unbranched alkanes of at least 4 members (excludes halogenated alkanes) is 2.